The zero-order valence-electron chi connectivity index (χ0n) is 14.5. The van der Waals surface area contributed by atoms with Crippen LogP contribution in [0.3, 0.4) is 0 Å². The number of amides is 1. The van der Waals surface area contributed by atoms with Crippen molar-refractivity contribution in [2.45, 2.75) is 26.7 Å². The van der Waals surface area contributed by atoms with Crippen LogP contribution in [0.4, 0.5) is 11.5 Å². The van der Waals surface area contributed by atoms with Crippen molar-refractivity contribution >= 4 is 33.3 Å². The molecule has 0 aliphatic heterocycles. The predicted molar refractivity (Wildman–Crippen MR) is 104 cm³/mol. The van der Waals surface area contributed by atoms with E-state index in [0.29, 0.717) is 17.9 Å². The lowest BCUT2D eigenvalue weighted by atomic mass is 10.1. The number of hydrogen-bond donors (Lipinski definition) is 0. The molecule has 128 valence electrons. The Bertz CT molecular complexity index is 655. The minimum Gasteiger partial charge on any atom is -0.375 e. The Balaban J connectivity index is 2.14. The fraction of sp³-hybridized carbons (Fsp3) is 0.368. The molecule has 4 nitrogen and oxygen atoms in total. The number of hydrogen-bond acceptors (Lipinski definition) is 3. The lowest BCUT2D eigenvalue weighted by molar-refractivity contribution is 0.0987. The molecule has 2 aromatic rings. The maximum absolute atomic E-state index is 12.8. The highest BCUT2D eigenvalue weighted by Crippen LogP contribution is 2.19. The molecule has 1 aromatic carbocycles. The van der Waals surface area contributed by atoms with Crippen LogP contribution in [0.5, 0.6) is 0 Å². The summed E-state index contributed by atoms with van der Waals surface area (Å²) in [6, 6.07) is 11.5. The summed E-state index contributed by atoms with van der Waals surface area (Å²) in [6.45, 7) is 5.74. The molecule has 2 rings (SSSR count). The zero-order chi connectivity index (χ0) is 17.5. The highest BCUT2D eigenvalue weighted by atomic mass is 79.9. The van der Waals surface area contributed by atoms with Crippen molar-refractivity contribution in [2.24, 2.45) is 0 Å². The van der Waals surface area contributed by atoms with Crippen LogP contribution in [-0.2, 0) is 0 Å². The van der Waals surface area contributed by atoms with Gasteiger partial charge in [-0.2, -0.15) is 0 Å². The second kappa shape index (κ2) is 8.83. The van der Waals surface area contributed by atoms with Gasteiger partial charge in [-0.05, 0) is 65.7 Å². The Morgan fingerprint density at radius 2 is 1.83 bits per heavy atom. The second-order valence-corrected chi connectivity index (χ2v) is 6.62. The van der Waals surface area contributed by atoms with E-state index in [1.54, 1.807) is 11.1 Å². The lowest BCUT2D eigenvalue weighted by Crippen LogP contribution is -2.31. The maximum Gasteiger partial charge on any atom is 0.259 e. The van der Waals surface area contributed by atoms with Crippen LogP contribution in [0, 0.1) is 0 Å². The Morgan fingerprint density at radius 3 is 2.38 bits per heavy atom. The number of anilines is 2. The Kier molecular flexibility index (Phi) is 6.79. The monoisotopic (exact) mass is 389 g/mol. The van der Waals surface area contributed by atoms with E-state index < -0.39 is 0 Å². The van der Waals surface area contributed by atoms with Gasteiger partial charge in [0.05, 0.1) is 0 Å². The van der Waals surface area contributed by atoms with Gasteiger partial charge in [-0.25, -0.2) is 4.98 Å². The van der Waals surface area contributed by atoms with E-state index in [4.69, 9.17) is 0 Å². The predicted octanol–water partition coefficient (Wildman–Crippen LogP) is 4.75. The average Bonchev–Trinajstić information content (AvgIpc) is 2.62. The molecule has 5 heteroatoms. The third-order valence-corrected chi connectivity index (χ3v) is 4.42. The highest BCUT2D eigenvalue weighted by Gasteiger charge is 2.17. The average molecular weight is 390 g/mol. The molecule has 0 bridgehead atoms. The standard InChI is InChI=1S/C19H24BrN3O/c1-4-6-13-22(3)17-10-7-15(8-11-17)19(24)23(5-2)18-12-9-16(20)14-21-18/h7-12,14H,4-6,13H2,1-3H3. The van der Waals surface area contributed by atoms with E-state index in [1.807, 2.05) is 43.3 Å². The number of nitrogens with zero attached hydrogens (tertiary/aromatic N) is 3. The number of pyridine rings is 1. The van der Waals surface area contributed by atoms with E-state index >= 15 is 0 Å². The van der Waals surface area contributed by atoms with Crippen LogP contribution in [0.2, 0.25) is 0 Å². The number of aromatic nitrogens is 1. The molecule has 0 fully saturated rings. The topological polar surface area (TPSA) is 36.4 Å². The Labute approximate surface area is 152 Å². The van der Waals surface area contributed by atoms with Gasteiger partial charge < -0.3 is 4.90 Å². The lowest BCUT2D eigenvalue weighted by Gasteiger charge is -2.21. The number of benzene rings is 1. The molecular weight excluding hydrogens is 366 g/mol. The summed E-state index contributed by atoms with van der Waals surface area (Å²) in [6.07, 6.45) is 4.04. The smallest absolute Gasteiger partial charge is 0.259 e. The van der Waals surface area contributed by atoms with Crippen LogP contribution in [-0.4, -0.2) is 31.0 Å². The van der Waals surface area contributed by atoms with Gasteiger partial charge >= 0.3 is 0 Å². The second-order valence-electron chi connectivity index (χ2n) is 5.71. The summed E-state index contributed by atoms with van der Waals surface area (Å²) < 4.78 is 0.897. The maximum atomic E-state index is 12.8. The number of unbranched alkanes of at least 4 members (excludes halogenated alkanes) is 1. The Morgan fingerprint density at radius 1 is 1.12 bits per heavy atom. The minimum atomic E-state index is -0.0323. The molecule has 24 heavy (non-hydrogen) atoms. The fourth-order valence-electron chi connectivity index (χ4n) is 2.48. The summed E-state index contributed by atoms with van der Waals surface area (Å²) >= 11 is 3.37. The Hall–Kier alpha value is -1.88. The third-order valence-electron chi connectivity index (χ3n) is 3.95. The zero-order valence-corrected chi connectivity index (χ0v) is 16.1. The first-order valence-electron chi connectivity index (χ1n) is 8.31. The fourth-order valence-corrected chi connectivity index (χ4v) is 2.71. The van der Waals surface area contributed by atoms with Crippen molar-refractivity contribution in [3.8, 4) is 0 Å². The van der Waals surface area contributed by atoms with Gasteiger partial charge in [0.25, 0.3) is 5.91 Å². The quantitative estimate of drug-likeness (QED) is 0.685. The van der Waals surface area contributed by atoms with Crippen LogP contribution in [0.15, 0.2) is 47.1 Å². The van der Waals surface area contributed by atoms with Gasteiger partial charge in [-0.1, -0.05) is 13.3 Å². The third kappa shape index (κ3) is 4.57. The summed E-state index contributed by atoms with van der Waals surface area (Å²) in [5.74, 6) is 0.630. The SMILES string of the molecule is CCCCN(C)c1ccc(C(=O)N(CC)c2ccc(Br)cn2)cc1. The van der Waals surface area contributed by atoms with Crippen molar-refractivity contribution in [2.75, 3.05) is 29.9 Å². The van der Waals surface area contributed by atoms with E-state index in [0.717, 1.165) is 23.1 Å². The van der Waals surface area contributed by atoms with Gasteiger partial charge in [0.1, 0.15) is 5.82 Å². The minimum absolute atomic E-state index is 0.0323. The summed E-state index contributed by atoms with van der Waals surface area (Å²) in [5, 5.41) is 0. The first-order chi connectivity index (χ1) is 11.6. The molecule has 0 spiro atoms. The largest absolute Gasteiger partial charge is 0.375 e. The molecule has 0 atom stereocenters. The molecule has 0 radical (unpaired) electrons. The van der Waals surface area contributed by atoms with E-state index in [1.165, 1.54) is 6.42 Å². The summed E-state index contributed by atoms with van der Waals surface area (Å²) in [4.78, 5) is 21.0. The van der Waals surface area contributed by atoms with E-state index in [9.17, 15) is 4.79 Å². The molecule has 0 aliphatic carbocycles. The molecule has 0 saturated heterocycles. The van der Waals surface area contributed by atoms with Crippen LogP contribution in [0.25, 0.3) is 0 Å². The first kappa shape index (κ1) is 18.5. The van der Waals surface area contributed by atoms with Crippen molar-refractivity contribution in [3.63, 3.8) is 0 Å². The normalized spacial score (nSPS) is 10.5. The van der Waals surface area contributed by atoms with Crippen molar-refractivity contribution in [1.82, 2.24) is 4.98 Å². The molecule has 0 aliphatic rings. The number of carbonyl (C=O) groups excluding carboxylic acids is 1. The first-order valence-corrected chi connectivity index (χ1v) is 9.10. The number of rotatable bonds is 7. The van der Waals surface area contributed by atoms with Crippen LogP contribution in [0.1, 0.15) is 37.0 Å². The van der Waals surface area contributed by atoms with E-state index in [2.05, 4.69) is 39.8 Å². The molecular formula is C19H24BrN3O. The molecule has 0 saturated carbocycles. The number of carbonyl (C=O) groups is 1. The van der Waals surface area contributed by atoms with Gasteiger partial charge in [0.15, 0.2) is 0 Å². The van der Waals surface area contributed by atoms with Gasteiger partial charge in [-0.15, -0.1) is 0 Å². The van der Waals surface area contributed by atoms with Gasteiger partial charge in [0.2, 0.25) is 0 Å². The van der Waals surface area contributed by atoms with Crippen molar-refractivity contribution in [3.05, 3.63) is 52.6 Å². The summed E-state index contributed by atoms with van der Waals surface area (Å²) in [7, 11) is 2.08. The van der Waals surface area contributed by atoms with Crippen molar-refractivity contribution in [1.29, 1.82) is 0 Å². The van der Waals surface area contributed by atoms with Gasteiger partial charge in [-0.3, -0.25) is 9.69 Å². The number of halogens is 1. The van der Waals surface area contributed by atoms with Crippen LogP contribution >= 0.6 is 15.9 Å². The van der Waals surface area contributed by atoms with E-state index in [-0.39, 0.29) is 5.91 Å². The molecule has 1 heterocycles. The molecule has 1 amide bonds. The van der Waals surface area contributed by atoms with Crippen molar-refractivity contribution < 1.29 is 4.79 Å². The highest BCUT2D eigenvalue weighted by molar-refractivity contribution is 9.10. The summed E-state index contributed by atoms with van der Waals surface area (Å²) in [5.41, 5.74) is 1.80. The molecule has 0 unspecified atom stereocenters. The van der Waals surface area contributed by atoms with Crippen LogP contribution < -0.4 is 9.80 Å². The molecule has 1 aromatic heterocycles. The molecule has 0 N–H and O–H groups in total. The van der Waals surface area contributed by atoms with Gasteiger partial charge in [0, 0.05) is 42.1 Å².